The molecule has 4 nitrogen and oxygen atoms in total. The van der Waals surface area contributed by atoms with E-state index in [1.807, 2.05) is 11.0 Å². The van der Waals surface area contributed by atoms with E-state index in [-0.39, 0.29) is 6.17 Å². The van der Waals surface area contributed by atoms with E-state index in [1.165, 1.54) is 5.69 Å². The highest BCUT2D eigenvalue weighted by Gasteiger charge is 2.26. The van der Waals surface area contributed by atoms with Crippen LogP contribution in [0.3, 0.4) is 0 Å². The summed E-state index contributed by atoms with van der Waals surface area (Å²) >= 11 is 5.20. The summed E-state index contributed by atoms with van der Waals surface area (Å²) in [5.41, 5.74) is 2.33. The lowest BCUT2D eigenvalue weighted by molar-refractivity contribution is 0.380. The topological polar surface area (TPSA) is 31.2 Å². The van der Waals surface area contributed by atoms with Crippen LogP contribution in [0.4, 0.5) is 5.69 Å². The summed E-state index contributed by atoms with van der Waals surface area (Å²) in [6.07, 6.45) is 1.70. The van der Waals surface area contributed by atoms with Crippen molar-refractivity contribution in [1.29, 1.82) is 0 Å². The average Bonchev–Trinajstić information content (AvgIpc) is 2.83. The summed E-state index contributed by atoms with van der Waals surface area (Å²) < 4.78 is 0. The van der Waals surface area contributed by atoms with E-state index in [0.29, 0.717) is 11.7 Å². The first-order valence-electron chi connectivity index (χ1n) is 6.88. The van der Waals surface area contributed by atoms with Gasteiger partial charge in [0.2, 0.25) is 5.11 Å². The molecule has 2 rings (SSSR count). The zero-order chi connectivity index (χ0) is 14.5. The second-order valence-corrected chi connectivity index (χ2v) is 4.94. The van der Waals surface area contributed by atoms with E-state index >= 15 is 0 Å². The highest BCUT2D eigenvalue weighted by molar-refractivity contribution is 7.80. The van der Waals surface area contributed by atoms with E-state index in [0.717, 1.165) is 18.7 Å². The zero-order valence-electron chi connectivity index (χ0n) is 12.0. The van der Waals surface area contributed by atoms with Crippen LogP contribution in [0.25, 0.3) is 0 Å². The van der Waals surface area contributed by atoms with Gasteiger partial charge in [0.05, 0.1) is 0 Å². The molecule has 0 aliphatic carbocycles. The van der Waals surface area contributed by atoms with Crippen LogP contribution in [0.5, 0.6) is 0 Å². The maximum Gasteiger partial charge on any atom is 0.218 e. The van der Waals surface area contributed by atoms with Crippen molar-refractivity contribution < 1.29 is 0 Å². The van der Waals surface area contributed by atoms with Gasteiger partial charge in [-0.15, -0.1) is 11.7 Å². The second-order valence-electron chi connectivity index (χ2n) is 4.58. The van der Waals surface area contributed by atoms with Crippen LogP contribution < -0.4 is 4.90 Å². The van der Waals surface area contributed by atoms with Crippen molar-refractivity contribution in [2.75, 3.05) is 24.5 Å². The summed E-state index contributed by atoms with van der Waals surface area (Å²) in [6, 6.07) is 8.46. The Bertz CT molecular complexity index is 505. The molecule has 5 heteroatoms. The molecule has 0 fully saturated rings. The molecule has 106 valence electrons. The largest absolute Gasteiger partial charge is 0.372 e. The molecule has 1 aliphatic rings. The van der Waals surface area contributed by atoms with Crippen LogP contribution in [0.2, 0.25) is 0 Å². The molecule has 0 aromatic heterocycles. The second kappa shape index (κ2) is 6.61. The first-order chi connectivity index (χ1) is 9.71. The number of hydrogen-bond donors (Lipinski definition) is 0. The third kappa shape index (κ3) is 2.88. The summed E-state index contributed by atoms with van der Waals surface area (Å²) in [5.74, 6) is 0. The normalized spacial score (nSPS) is 17.6. The van der Waals surface area contributed by atoms with Gasteiger partial charge < -0.3 is 9.80 Å². The molecular formula is C15H20N4S. The van der Waals surface area contributed by atoms with Crippen LogP contribution >= 0.6 is 12.2 Å². The predicted octanol–water partition coefficient (Wildman–Crippen LogP) is 3.77. The lowest BCUT2D eigenvalue weighted by Gasteiger charge is -2.24. The van der Waals surface area contributed by atoms with Gasteiger partial charge in [0.1, 0.15) is 0 Å². The van der Waals surface area contributed by atoms with Crippen molar-refractivity contribution >= 4 is 23.0 Å². The molecule has 0 saturated heterocycles. The van der Waals surface area contributed by atoms with Crippen molar-refractivity contribution in [3.63, 3.8) is 0 Å². The van der Waals surface area contributed by atoms with Crippen LogP contribution in [-0.2, 0) is 0 Å². The fourth-order valence-electron chi connectivity index (χ4n) is 2.34. The minimum absolute atomic E-state index is 0.119. The first-order valence-corrected chi connectivity index (χ1v) is 7.29. The molecule has 0 amide bonds. The molecule has 0 bridgehead atoms. The van der Waals surface area contributed by atoms with Gasteiger partial charge in [-0.25, -0.2) is 0 Å². The minimum Gasteiger partial charge on any atom is -0.372 e. The summed E-state index contributed by atoms with van der Waals surface area (Å²) in [7, 11) is 0. The minimum atomic E-state index is -0.119. The van der Waals surface area contributed by atoms with E-state index in [2.05, 4.69) is 59.8 Å². The fourth-order valence-corrected chi connectivity index (χ4v) is 2.56. The molecule has 1 atom stereocenters. The zero-order valence-corrected chi connectivity index (χ0v) is 12.8. The van der Waals surface area contributed by atoms with Crippen molar-refractivity contribution in [2.45, 2.75) is 20.0 Å². The highest BCUT2D eigenvalue weighted by Crippen LogP contribution is 2.29. The summed E-state index contributed by atoms with van der Waals surface area (Å²) in [6.45, 7) is 10.7. The third-order valence-electron chi connectivity index (χ3n) is 3.44. The number of thiocarbonyl (C=S) groups is 1. The molecule has 0 spiro atoms. The van der Waals surface area contributed by atoms with E-state index in [4.69, 9.17) is 12.2 Å². The maximum atomic E-state index is 5.20. The van der Waals surface area contributed by atoms with Gasteiger partial charge in [-0.1, -0.05) is 18.2 Å². The Balaban J connectivity index is 2.19. The Labute approximate surface area is 125 Å². The average molecular weight is 288 g/mol. The molecule has 0 radical (unpaired) electrons. The number of azo groups is 1. The lowest BCUT2D eigenvalue weighted by atomic mass is 10.1. The molecule has 1 unspecified atom stereocenters. The SMILES string of the molecule is C=CCN1C(=S)N=NC1c1ccc(N(CC)CC)cc1. The molecule has 20 heavy (non-hydrogen) atoms. The molecule has 1 aliphatic heterocycles. The van der Waals surface area contributed by atoms with E-state index in [9.17, 15) is 0 Å². The van der Waals surface area contributed by atoms with Gasteiger partial charge in [-0.05, 0) is 43.8 Å². The quantitative estimate of drug-likeness (QED) is 0.590. The number of nitrogens with zero attached hydrogens (tertiary/aromatic N) is 4. The van der Waals surface area contributed by atoms with E-state index < -0.39 is 0 Å². The molecule has 1 aromatic carbocycles. The molecule has 1 aromatic rings. The Morgan fingerprint density at radius 3 is 2.50 bits per heavy atom. The monoisotopic (exact) mass is 288 g/mol. The highest BCUT2D eigenvalue weighted by atomic mass is 32.1. The van der Waals surface area contributed by atoms with Gasteiger partial charge in [-0.3, -0.25) is 0 Å². The van der Waals surface area contributed by atoms with Crippen LogP contribution in [-0.4, -0.2) is 29.6 Å². The van der Waals surface area contributed by atoms with Crippen molar-refractivity contribution in [2.24, 2.45) is 10.2 Å². The van der Waals surface area contributed by atoms with Gasteiger partial charge >= 0.3 is 0 Å². The fraction of sp³-hybridized carbons (Fsp3) is 0.400. The van der Waals surface area contributed by atoms with Gasteiger partial charge in [0, 0.05) is 25.3 Å². The van der Waals surface area contributed by atoms with E-state index in [1.54, 1.807) is 0 Å². The van der Waals surface area contributed by atoms with Crippen molar-refractivity contribution in [3.8, 4) is 0 Å². The standard InChI is InChI=1S/C15H20N4S/c1-4-11-19-14(16-17-15(19)20)12-7-9-13(10-8-12)18(5-2)6-3/h4,7-10,14H,1,5-6,11H2,2-3H3. The smallest absolute Gasteiger partial charge is 0.218 e. The van der Waals surface area contributed by atoms with Gasteiger partial charge in [0.15, 0.2) is 6.17 Å². The Morgan fingerprint density at radius 1 is 1.30 bits per heavy atom. The number of rotatable bonds is 6. The number of anilines is 1. The Hall–Kier alpha value is -1.75. The van der Waals surface area contributed by atoms with Crippen molar-refractivity contribution in [1.82, 2.24) is 4.90 Å². The van der Waals surface area contributed by atoms with Crippen LogP contribution in [0.15, 0.2) is 47.1 Å². The molecule has 0 N–H and O–H groups in total. The number of hydrogen-bond acceptors (Lipinski definition) is 3. The lowest BCUT2D eigenvalue weighted by Crippen LogP contribution is -2.27. The maximum absolute atomic E-state index is 5.20. The Morgan fingerprint density at radius 2 is 1.95 bits per heavy atom. The predicted molar refractivity (Wildman–Crippen MR) is 87.1 cm³/mol. The van der Waals surface area contributed by atoms with Crippen molar-refractivity contribution in [3.05, 3.63) is 42.5 Å². The Kier molecular flexibility index (Phi) is 4.84. The third-order valence-corrected chi connectivity index (χ3v) is 3.76. The molecule has 0 saturated carbocycles. The molecular weight excluding hydrogens is 268 g/mol. The van der Waals surface area contributed by atoms with Gasteiger partial charge in [-0.2, -0.15) is 5.11 Å². The summed E-state index contributed by atoms with van der Waals surface area (Å²) in [5, 5.41) is 8.79. The first kappa shape index (κ1) is 14.7. The van der Waals surface area contributed by atoms with Crippen LogP contribution in [0, 0.1) is 0 Å². The van der Waals surface area contributed by atoms with Gasteiger partial charge in [0.25, 0.3) is 0 Å². The van der Waals surface area contributed by atoms with Crippen LogP contribution in [0.1, 0.15) is 25.6 Å². The summed E-state index contributed by atoms with van der Waals surface area (Å²) in [4.78, 5) is 4.28. The molecule has 1 heterocycles. The number of benzene rings is 1.